The summed E-state index contributed by atoms with van der Waals surface area (Å²) in [5.41, 5.74) is 9.38. The zero-order valence-corrected chi connectivity index (χ0v) is 31.6. The number of sulfonamides is 1. The van der Waals surface area contributed by atoms with Gasteiger partial charge in [0.25, 0.3) is 0 Å². The van der Waals surface area contributed by atoms with Crippen LogP contribution in [0.25, 0.3) is 10.4 Å². The predicted octanol–water partition coefficient (Wildman–Crippen LogP) is 6.69. The van der Waals surface area contributed by atoms with Gasteiger partial charge < -0.3 is 24.8 Å². The SMILES string of the molecule is C[C@@H](O)CN(C[C@H](CCc1c(F)cccc1NC(=O)C(N=[N+]=[N-])[C@@H](c1ccc(F)cc1)C1CCOCC1)NS(=O)(=O)c1ccccc1)C(=O)OC(C)(C)C. The molecule has 0 saturated carbocycles. The number of rotatable bonds is 16. The number of nitrogens with zero attached hydrogens (tertiary/aromatic N) is 4. The van der Waals surface area contributed by atoms with Crippen molar-refractivity contribution in [2.24, 2.45) is 11.0 Å². The van der Waals surface area contributed by atoms with E-state index < -0.39 is 63.4 Å². The summed E-state index contributed by atoms with van der Waals surface area (Å²) < 4.78 is 70.3. The number of aliphatic hydroxyl groups is 1. The molecule has 292 valence electrons. The molecule has 4 atom stereocenters. The van der Waals surface area contributed by atoms with E-state index in [4.69, 9.17) is 9.47 Å². The van der Waals surface area contributed by atoms with Gasteiger partial charge >= 0.3 is 6.09 Å². The van der Waals surface area contributed by atoms with Gasteiger partial charge in [-0.05, 0) is 107 Å². The van der Waals surface area contributed by atoms with Crippen LogP contribution in [0.5, 0.6) is 0 Å². The Morgan fingerprint density at radius 3 is 2.31 bits per heavy atom. The van der Waals surface area contributed by atoms with Crippen molar-refractivity contribution < 1.29 is 41.4 Å². The minimum absolute atomic E-state index is 0.0301. The van der Waals surface area contributed by atoms with E-state index in [-0.39, 0.29) is 48.0 Å². The molecule has 1 unspecified atom stereocenters. The Labute approximate surface area is 314 Å². The van der Waals surface area contributed by atoms with Gasteiger partial charge in [0, 0.05) is 54.4 Å². The first-order valence-corrected chi connectivity index (χ1v) is 19.2. The van der Waals surface area contributed by atoms with Gasteiger partial charge in [-0.25, -0.2) is 26.7 Å². The lowest BCUT2D eigenvalue weighted by Gasteiger charge is -2.34. The number of amides is 2. The topological polar surface area (TPSA) is 183 Å². The number of ether oxygens (including phenoxy) is 2. The van der Waals surface area contributed by atoms with Crippen molar-refractivity contribution >= 4 is 27.7 Å². The fourth-order valence-corrected chi connectivity index (χ4v) is 7.76. The molecular formula is C38H48F2N6O7S. The first-order chi connectivity index (χ1) is 25.6. The molecule has 1 saturated heterocycles. The fraction of sp³-hybridized carbons (Fsp3) is 0.474. The Bertz CT molecular complexity index is 1860. The van der Waals surface area contributed by atoms with Crippen molar-refractivity contribution in [2.75, 3.05) is 31.6 Å². The highest BCUT2D eigenvalue weighted by molar-refractivity contribution is 7.89. The summed E-state index contributed by atoms with van der Waals surface area (Å²) in [6, 6.07) is 15.0. The lowest BCUT2D eigenvalue weighted by molar-refractivity contribution is -0.118. The standard InChI is InChI=1S/C38H48F2N6O7S/c1-25(47)23-46(37(49)53-38(2,3)4)24-29(44-54(50,51)30-9-6-5-7-10-30)17-18-31-32(40)11-8-12-33(31)42-36(48)35(43-45-41)34(27-19-21-52-22-20-27)26-13-15-28(39)16-14-26/h5-16,25,27,29,34-35,44,47H,17-24H2,1-4H3,(H,42,48)/t25-,29+,34+,35?/m1/s1. The van der Waals surface area contributed by atoms with Crippen molar-refractivity contribution in [3.05, 3.63) is 106 Å². The van der Waals surface area contributed by atoms with E-state index in [0.29, 0.717) is 31.6 Å². The summed E-state index contributed by atoms with van der Waals surface area (Å²) in [6.07, 6.45) is -0.818. The number of hydrogen-bond acceptors (Lipinski definition) is 8. The van der Waals surface area contributed by atoms with Crippen LogP contribution in [0, 0.1) is 17.6 Å². The third kappa shape index (κ3) is 12.2. The maximum Gasteiger partial charge on any atom is 0.410 e. The quantitative estimate of drug-likeness (QED) is 0.0824. The molecule has 3 N–H and O–H groups in total. The van der Waals surface area contributed by atoms with E-state index in [1.54, 1.807) is 51.1 Å². The van der Waals surface area contributed by atoms with E-state index in [1.807, 2.05) is 0 Å². The minimum atomic E-state index is -4.14. The monoisotopic (exact) mass is 770 g/mol. The average molecular weight is 771 g/mol. The number of azide groups is 1. The molecular weight excluding hydrogens is 723 g/mol. The predicted molar refractivity (Wildman–Crippen MR) is 199 cm³/mol. The highest BCUT2D eigenvalue weighted by Gasteiger charge is 2.37. The summed E-state index contributed by atoms with van der Waals surface area (Å²) in [6.45, 7) is 6.93. The molecule has 0 bridgehead atoms. The van der Waals surface area contributed by atoms with Crippen molar-refractivity contribution in [2.45, 2.75) is 88.0 Å². The molecule has 0 aromatic heterocycles. The summed E-state index contributed by atoms with van der Waals surface area (Å²) in [4.78, 5) is 31.4. The Morgan fingerprint density at radius 2 is 1.70 bits per heavy atom. The fourth-order valence-electron chi connectivity index (χ4n) is 6.48. The third-order valence-corrected chi connectivity index (χ3v) is 10.4. The van der Waals surface area contributed by atoms with Crippen LogP contribution in [0.2, 0.25) is 0 Å². The summed E-state index contributed by atoms with van der Waals surface area (Å²) in [5, 5.41) is 16.8. The molecule has 3 aromatic rings. The smallest absolute Gasteiger partial charge is 0.410 e. The third-order valence-electron chi connectivity index (χ3n) is 8.89. The van der Waals surface area contributed by atoms with Gasteiger partial charge in [-0.1, -0.05) is 41.5 Å². The Morgan fingerprint density at radius 1 is 1.04 bits per heavy atom. The number of anilines is 1. The average Bonchev–Trinajstić information content (AvgIpc) is 3.11. The van der Waals surface area contributed by atoms with E-state index in [1.165, 1.54) is 54.3 Å². The van der Waals surface area contributed by atoms with E-state index in [9.17, 15) is 33.0 Å². The number of carbonyl (C=O) groups is 2. The van der Waals surface area contributed by atoms with Crippen molar-refractivity contribution in [3.63, 3.8) is 0 Å². The van der Waals surface area contributed by atoms with Gasteiger partial charge in [-0.3, -0.25) is 4.79 Å². The van der Waals surface area contributed by atoms with Crippen molar-refractivity contribution in [1.29, 1.82) is 0 Å². The van der Waals surface area contributed by atoms with Crippen LogP contribution in [0.3, 0.4) is 0 Å². The van der Waals surface area contributed by atoms with Gasteiger partial charge in [0.1, 0.15) is 23.3 Å². The molecule has 3 aromatic carbocycles. The summed E-state index contributed by atoms with van der Waals surface area (Å²) >= 11 is 0. The van der Waals surface area contributed by atoms with Crippen molar-refractivity contribution in [1.82, 2.24) is 9.62 Å². The van der Waals surface area contributed by atoms with Crippen LogP contribution >= 0.6 is 0 Å². The lowest BCUT2D eigenvalue weighted by Crippen LogP contribution is -2.49. The molecule has 54 heavy (non-hydrogen) atoms. The van der Waals surface area contributed by atoms with E-state index >= 15 is 4.39 Å². The van der Waals surface area contributed by atoms with Gasteiger partial charge in [0.05, 0.1) is 11.0 Å². The molecule has 1 heterocycles. The second-order valence-electron chi connectivity index (χ2n) is 14.3. The van der Waals surface area contributed by atoms with Crippen LogP contribution in [0.15, 0.2) is 82.8 Å². The normalized spacial score (nSPS) is 16.0. The van der Waals surface area contributed by atoms with E-state index in [0.717, 1.165) is 0 Å². The molecule has 1 fully saturated rings. The van der Waals surface area contributed by atoms with Crippen molar-refractivity contribution in [3.8, 4) is 0 Å². The minimum Gasteiger partial charge on any atom is -0.444 e. The molecule has 16 heteroatoms. The lowest BCUT2D eigenvalue weighted by atomic mass is 9.76. The second-order valence-corrected chi connectivity index (χ2v) is 16.1. The van der Waals surface area contributed by atoms with Gasteiger partial charge in [-0.2, -0.15) is 0 Å². The molecule has 1 aliphatic heterocycles. The number of benzene rings is 3. The maximum absolute atomic E-state index is 15.7. The largest absolute Gasteiger partial charge is 0.444 e. The van der Waals surface area contributed by atoms with Gasteiger partial charge in [-0.15, -0.1) is 0 Å². The summed E-state index contributed by atoms with van der Waals surface area (Å²) in [7, 11) is -4.14. The first kappa shape index (κ1) is 42.1. The number of hydrogen-bond donors (Lipinski definition) is 3. The molecule has 13 nitrogen and oxygen atoms in total. The van der Waals surface area contributed by atoms with Gasteiger partial charge in [0.15, 0.2) is 0 Å². The molecule has 0 spiro atoms. The molecule has 4 rings (SSSR count). The Kier molecular flexibility index (Phi) is 14.9. The molecule has 0 radical (unpaired) electrons. The molecule has 0 aliphatic carbocycles. The Hall–Kier alpha value is -4.60. The zero-order chi connectivity index (χ0) is 39.5. The van der Waals surface area contributed by atoms with Crippen LogP contribution in [-0.2, 0) is 30.7 Å². The van der Waals surface area contributed by atoms with Crippen LogP contribution < -0.4 is 10.0 Å². The highest BCUT2D eigenvalue weighted by atomic mass is 32.2. The Balaban J connectivity index is 1.65. The van der Waals surface area contributed by atoms with Crippen LogP contribution in [0.4, 0.5) is 19.3 Å². The first-order valence-electron chi connectivity index (χ1n) is 17.8. The molecule has 1 aliphatic rings. The summed E-state index contributed by atoms with van der Waals surface area (Å²) in [5.74, 6) is -2.67. The van der Waals surface area contributed by atoms with Crippen LogP contribution in [0.1, 0.15) is 64.0 Å². The number of halogens is 2. The van der Waals surface area contributed by atoms with Crippen LogP contribution in [-0.4, -0.2) is 80.5 Å². The number of carbonyl (C=O) groups excluding carboxylic acids is 2. The molecule has 2 amide bonds. The second kappa shape index (κ2) is 19.1. The van der Waals surface area contributed by atoms with Gasteiger partial charge in [0.2, 0.25) is 15.9 Å². The number of nitrogens with one attached hydrogen (secondary N) is 2. The number of aliphatic hydroxyl groups excluding tert-OH is 1. The maximum atomic E-state index is 15.7. The highest BCUT2D eigenvalue weighted by Crippen LogP contribution is 2.37. The zero-order valence-electron chi connectivity index (χ0n) is 30.8. The van der Waals surface area contributed by atoms with E-state index in [2.05, 4.69) is 20.1 Å².